The summed E-state index contributed by atoms with van der Waals surface area (Å²) in [5.41, 5.74) is 1.81. The van der Waals surface area contributed by atoms with Crippen LogP contribution in [-0.2, 0) is 4.79 Å². The van der Waals surface area contributed by atoms with Crippen LogP contribution < -0.4 is 14.8 Å². The third-order valence-corrected chi connectivity index (χ3v) is 5.73. The molecule has 10 heteroatoms. The first kappa shape index (κ1) is 21.3. The molecule has 1 amide bonds. The summed E-state index contributed by atoms with van der Waals surface area (Å²) in [4.78, 5) is 20.5. The fraction of sp³-hybridized carbons (Fsp3) is 0.0909. The number of rotatable bonds is 8. The number of methoxy groups -OCH3 is 1. The SMILES string of the molecule is COc1cc(/C=C(\C#N)c2nc(-c3ccco3)cs2)ccc1OCC(=O)Nc1nccs1. The van der Waals surface area contributed by atoms with Crippen molar-refractivity contribution in [3.63, 3.8) is 0 Å². The molecular weight excluding hydrogens is 448 g/mol. The van der Waals surface area contributed by atoms with Crippen LogP contribution in [0, 0.1) is 11.3 Å². The first-order chi connectivity index (χ1) is 15.7. The number of thiazole rings is 2. The van der Waals surface area contributed by atoms with E-state index in [2.05, 4.69) is 21.4 Å². The molecule has 0 unspecified atom stereocenters. The van der Waals surface area contributed by atoms with Gasteiger partial charge in [-0.2, -0.15) is 5.26 Å². The van der Waals surface area contributed by atoms with Crippen molar-refractivity contribution in [1.82, 2.24) is 9.97 Å². The molecule has 4 rings (SSSR count). The molecule has 1 aromatic carbocycles. The maximum absolute atomic E-state index is 12.0. The molecule has 0 radical (unpaired) electrons. The number of aromatic nitrogens is 2. The number of hydrogen-bond donors (Lipinski definition) is 1. The van der Waals surface area contributed by atoms with Gasteiger partial charge in [0.05, 0.1) is 18.9 Å². The van der Waals surface area contributed by atoms with Gasteiger partial charge in [0.1, 0.15) is 16.8 Å². The lowest BCUT2D eigenvalue weighted by Gasteiger charge is -2.11. The van der Waals surface area contributed by atoms with Gasteiger partial charge in [-0.05, 0) is 35.9 Å². The second kappa shape index (κ2) is 9.91. The van der Waals surface area contributed by atoms with E-state index in [1.54, 1.807) is 48.2 Å². The second-order valence-electron chi connectivity index (χ2n) is 6.27. The fourth-order valence-corrected chi connectivity index (χ4v) is 4.04. The standard InChI is InChI=1S/C22H16N4O4S2/c1-28-19-10-14(4-5-18(19)30-12-20(27)26-22-24-6-8-31-22)9-15(11-23)21-25-16(13-32-21)17-3-2-7-29-17/h2-10,13H,12H2,1H3,(H,24,26,27)/b15-9+. The number of amides is 1. The van der Waals surface area contributed by atoms with Crippen molar-refractivity contribution in [1.29, 1.82) is 5.26 Å². The number of furan rings is 1. The Balaban J connectivity index is 1.48. The normalized spacial score (nSPS) is 11.1. The predicted molar refractivity (Wildman–Crippen MR) is 123 cm³/mol. The van der Waals surface area contributed by atoms with E-state index in [0.717, 1.165) is 5.56 Å². The molecule has 0 aliphatic rings. The number of anilines is 1. The number of nitrogens with zero attached hydrogens (tertiary/aromatic N) is 3. The van der Waals surface area contributed by atoms with Gasteiger partial charge >= 0.3 is 0 Å². The number of carbonyl (C=O) groups is 1. The van der Waals surface area contributed by atoms with Crippen LogP contribution >= 0.6 is 22.7 Å². The first-order valence-electron chi connectivity index (χ1n) is 9.28. The largest absolute Gasteiger partial charge is 0.493 e. The minimum Gasteiger partial charge on any atom is -0.493 e. The fourth-order valence-electron chi connectivity index (χ4n) is 2.72. The van der Waals surface area contributed by atoms with E-state index in [1.165, 1.54) is 29.8 Å². The molecule has 0 fully saturated rings. The summed E-state index contributed by atoms with van der Waals surface area (Å²) < 4.78 is 16.3. The van der Waals surface area contributed by atoms with Crippen LogP contribution in [0.25, 0.3) is 23.1 Å². The van der Waals surface area contributed by atoms with Crippen molar-refractivity contribution in [2.75, 3.05) is 19.0 Å². The predicted octanol–water partition coefficient (Wildman–Crippen LogP) is 4.95. The number of nitriles is 1. The minimum absolute atomic E-state index is 0.191. The van der Waals surface area contributed by atoms with Gasteiger partial charge in [-0.3, -0.25) is 10.1 Å². The van der Waals surface area contributed by atoms with Gasteiger partial charge in [-0.1, -0.05) is 6.07 Å². The zero-order valence-electron chi connectivity index (χ0n) is 16.8. The van der Waals surface area contributed by atoms with Crippen molar-refractivity contribution in [3.05, 3.63) is 64.1 Å². The summed E-state index contributed by atoms with van der Waals surface area (Å²) in [5.74, 6) is 1.17. The zero-order chi connectivity index (χ0) is 22.3. The minimum atomic E-state index is -0.325. The van der Waals surface area contributed by atoms with Gasteiger partial charge in [0.25, 0.3) is 5.91 Å². The van der Waals surface area contributed by atoms with Crippen LogP contribution in [0.5, 0.6) is 11.5 Å². The summed E-state index contributed by atoms with van der Waals surface area (Å²) in [7, 11) is 1.51. The van der Waals surface area contributed by atoms with Crippen molar-refractivity contribution in [2.45, 2.75) is 0 Å². The summed E-state index contributed by atoms with van der Waals surface area (Å²) in [5, 5.41) is 17.0. The molecule has 0 atom stereocenters. The van der Waals surface area contributed by atoms with E-state index < -0.39 is 0 Å². The van der Waals surface area contributed by atoms with Gasteiger partial charge in [-0.15, -0.1) is 22.7 Å². The van der Waals surface area contributed by atoms with Gasteiger partial charge in [0.15, 0.2) is 29.0 Å². The quantitative estimate of drug-likeness (QED) is 0.367. The number of allylic oxidation sites excluding steroid dienone is 1. The molecule has 4 aromatic rings. The smallest absolute Gasteiger partial charge is 0.264 e. The maximum Gasteiger partial charge on any atom is 0.264 e. The molecule has 1 N–H and O–H groups in total. The number of hydrogen-bond acceptors (Lipinski definition) is 9. The van der Waals surface area contributed by atoms with E-state index >= 15 is 0 Å². The summed E-state index contributed by atoms with van der Waals surface area (Å²) in [6.07, 6.45) is 4.90. The van der Waals surface area contributed by atoms with Gasteiger partial charge in [-0.25, -0.2) is 9.97 Å². The maximum atomic E-state index is 12.0. The second-order valence-corrected chi connectivity index (χ2v) is 8.02. The van der Waals surface area contributed by atoms with E-state index in [4.69, 9.17) is 13.9 Å². The third-order valence-electron chi connectivity index (χ3n) is 4.16. The van der Waals surface area contributed by atoms with Crippen LogP contribution in [0.1, 0.15) is 10.6 Å². The van der Waals surface area contributed by atoms with Crippen LogP contribution in [0.15, 0.2) is 58.0 Å². The molecule has 0 bridgehead atoms. The monoisotopic (exact) mass is 464 g/mol. The highest BCUT2D eigenvalue weighted by Crippen LogP contribution is 2.31. The molecular formula is C22H16N4O4S2. The summed E-state index contributed by atoms with van der Waals surface area (Å²) >= 11 is 2.68. The molecule has 32 heavy (non-hydrogen) atoms. The Hall–Kier alpha value is -3.94. The Morgan fingerprint density at radius 3 is 2.94 bits per heavy atom. The molecule has 3 aromatic heterocycles. The average Bonchev–Trinajstić information content (AvgIpc) is 3.58. The van der Waals surface area contributed by atoms with Crippen LogP contribution in [0.3, 0.4) is 0 Å². The molecule has 0 spiro atoms. The van der Waals surface area contributed by atoms with Crippen molar-refractivity contribution in [3.8, 4) is 29.0 Å². The highest BCUT2D eigenvalue weighted by atomic mass is 32.1. The Morgan fingerprint density at radius 2 is 2.22 bits per heavy atom. The lowest BCUT2D eigenvalue weighted by molar-refractivity contribution is -0.118. The van der Waals surface area contributed by atoms with Crippen molar-refractivity contribution >= 4 is 45.4 Å². The lowest BCUT2D eigenvalue weighted by Crippen LogP contribution is -2.20. The number of nitrogens with one attached hydrogen (secondary N) is 1. The van der Waals surface area contributed by atoms with E-state index in [-0.39, 0.29) is 12.5 Å². The Labute approximate surface area is 191 Å². The van der Waals surface area contributed by atoms with Crippen LogP contribution in [0.4, 0.5) is 5.13 Å². The van der Waals surface area contributed by atoms with Crippen LogP contribution in [0.2, 0.25) is 0 Å². The highest BCUT2D eigenvalue weighted by Gasteiger charge is 2.13. The molecule has 0 aliphatic heterocycles. The molecule has 0 aliphatic carbocycles. The lowest BCUT2D eigenvalue weighted by atomic mass is 10.1. The molecule has 3 heterocycles. The van der Waals surface area contributed by atoms with E-state index in [0.29, 0.717) is 38.7 Å². The Morgan fingerprint density at radius 1 is 1.31 bits per heavy atom. The van der Waals surface area contributed by atoms with Crippen molar-refractivity contribution < 1.29 is 18.7 Å². The number of benzene rings is 1. The van der Waals surface area contributed by atoms with E-state index in [1.807, 2.05) is 11.4 Å². The summed E-state index contributed by atoms with van der Waals surface area (Å²) in [6, 6.07) is 11.0. The summed E-state index contributed by atoms with van der Waals surface area (Å²) in [6.45, 7) is -0.191. The van der Waals surface area contributed by atoms with Gasteiger partial charge in [0.2, 0.25) is 0 Å². The van der Waals surface area contributed by atoms with E-state index in [9.17, 15) is 10.1 Å². The number of carbonyl (C=O) groups excluding carboxylic acids is 1. The van der Waals surface area contributed by atoms with Crippen LogP contribution in [-0.4, -0.2) is 29.6 Å². The van der Waals surface area contributed by atoms with Gasteiger partial charge < -0.3 is 13.9 Å². The number of ether oxygens (including phenoxy) is 2. The third kappa shape index (κ3) is 5.03. The van der Waals surface area contributed by atoms with Gasteiger partial charge in [0, 0.05) is 17.0 Å². The highest BCUT2D eigenvalue weighted by molar-refractivity contribution is 7.13. The topological polar surface area (TPSA) is 110 Å². The van der Waals surface area contributed by atoms with Crippen molar-refractivity contribution in [2.24, 2.45) is 0 Å². The molecule has 8 nitrogen and oxygen atoms in total. The zero-order valence-corrected chi connectivity index (χ0v) is 18.4. The Bertz CT molecular complexity index is 1270. The molecule has 160 valence electrons. The Kier molecular flexibility index (Phi) is 6.60. The molecule has 0 saturated carbocycles. The molecule has 0 saturated heterocycles. The average molecular weight is 465 g/mol. The first-order valence-corrected chi connectivity index (χ1v) is 11.0.